The summed E-state index contributed by atoms with van der Waals surface area (Å²) in [5, 5.41) is 0.955. The number of nitrogens with zero attached hydrogens (tertiary/aromatic N) is 4. The summed E-state index contributed by atoms with van der Waals surface area (Å²) in [6, 6.07) is 13.1. The van der Waals surface area contributed by atoms with Gasteiger partial charge in [-0.2, -0.15) is 0 Å². The number of aromatic nitrogens is 2. The zero-order valence-electron chi connectivity index (χ0n) is 20.8. The van der Waals surface area contributed by atoms with E-state index in [1.165, 1.54) is 0 Å². The van der Waals surface area contributed by atoms with Gasteiger partial charge in [0.15, 0.2) is 5.75 Å². The van der Waals surface area contributed by atoms with Crippen LogP contribution < -0.4 is 20.1 Å². The van der Waals surface area contributed by atoms with Crippen LogP contribution in [0.5, 0.6) is 11.5 Å². The van der Waals surface area contributed by atoms with E-state index < -0.39 is 0 Å². The lowest BCUT2D eigenvalue weighted by Crippen LogP contribution is -2.51. The Bertz CT molecular complexity index is 1150. The number of piperazine rings is 1. The molecule has 8 nitrogen and oxygen atoms in total. The van der Waals surface area contributed by atoms with E-state index in [9.17, 15) is 4.79 Å². The predicted molar refractivity (Wildman–Crippen MR) is 146 cm³/mol. The van der Waals surface area contributed by atoms with Gasteiger partial charge >= 0.3 is 0 Å². The van der Waals surface area contributed by atoms with Crippen LogP contribution in [0.4, 0.5) is 5.95 Å². The van der Waals surface area contributed by atoms with Crippen molar-refractivity contribution in [3.05, 3.63) is 76.0 Å². The third kappa shape index (κ3) is 7.25. The van der Waals surface area contributed by atoms with Crippen LogP contribution in [-0.2, 0) is 11.2 Å². The maximum Gasteiger partial charge on any atom is 0.227 e. The molecule has 1 atom stereocenters. The summed E-state index contributed by atoms with van der Waals surface area (Å²) in [7, 11) is 0. The second kappa shape index (κ2) is 12.9. The Hall–Kier alpha value is -3.07. The van der Waals surface area contributed by atoms with Crippen molar-refractivity contribution in [3.8, 4) is 11.5 Å². The van der Waals surface area contributed by atoms with Crippen LogP contribution in [0.15, 0.2) is 54.9 Å². The Morgan fingerprint density at radius 1 is 1.00 bits per heavy atom. The number of halogens is 2. The van der Waals surface area contributed by atoms with E-state index in [1.807, 2.05) is 36.1 Å². The van der Waals surface area contributed by atoms with E-state index in [0.717, 1.165) is 11.1 Å². The number of carbonyl (C=O) groups is 1. The molecule has 10 heteroatoms. The average molecular weight is 544 g/mol. The first kappa shape index (κ1) is 27.0. The largest absolute Gasteiger partial charge is 0.490 e. The molecular formula is C27H31Cl2N5O3. The summed E-state index contributed by atoms with van der Waals surface area (Å²) in [6.45, 7) is 5.50. The van der Waals surface area contributed by atoms with Gasteiger partial charge < -0.3 is 25.0 Å². The quantitative estimate of drug-likeness (QED) is 0.386. The third-order valence-corrected chi connectivity index (χ3v) is 6.77. The number of aryl methyl sites for hydroxylation is 1. The number of anilines is 1. The van der Waals surface area contributed by atoms with Crippen LogP contribution in [-0.4, -0.2) is 66.7 Å². The van der Waals surface area contributed by atoms with Crippen molar-refractivity contribution in [1.82, 2.24) is 14.9 Å². The van der Waals surface area contributed by atoms with Crippen molar-refractivity contribution >= 4 is 35.1 Å². The number of hydrogen-bond acceptors (Lipinski definition) is 7. The van der Waals surface area contributed by atoms with Crippen molar-refractivity contribution in [2.45, 2.75) is 13.3 Å². The molecule has 2 heterocycles. The molecule has 1 amide bonds. The summed E-state index contributed by atoms with van der Waals surface area (Å²) < 4.78 is 11.5. The maximum absolute atomic E-state index is 13.1. The highest BCUT2D eigenvalue weighted by Gasteiger charge is 2.27. The van der Waals surface area contributed by atoms with Crippen molar-refractivity contribution < 1.29 is 14.3 Å². The van der Waals surface area contributed by atoms with Crippen LogP contribution in [0.25, 0.3) is 0 Å². The third-order valence-electron chi connectivity index (χ3n) is 6.21. The van der Waals surface area contributed by atoms with Gasteiger partial charge in [0.25, 0.3) is 0 Å². The smallest absolute Gasteiger partial charge is 0.227 e. The molecule has 0 saturated carbocycles. The van der Waals surface area contributed by atoms with E-state index in [0.29, 0.717) is 79.9 Å². The fraction of sp³-hybridized carbons (Fsp3) is 0.370. The summed E-state index contributed by atoms with van der Waals surface area (Å²) in [6.07, 6.45) is 4.03. The fourth-order valence-electron chi connectivity index (χ4n) is 4.25. The minimum atomic E-state index is -0.274. The van der Waals surface area contributed by atoms with Gasteiger partial charge in [0.2, 0.25) is 11.9 Å². The van der Waals surface area contributed by atoms with Crippen molar-refractivity contribution in [2.24, 2.45) is 11.7 Å². The maximum atomic E-state index is 13.1. The summed E-state index contributed by atoms with van der Waals surface area (Å²) in [5.74, 6) is 1.68. The van der Waals surface area contributed by atoms with E-state index in [-0.39, 0.29) is 11.8 Å². The molecule has 1 fully saturated rings. The van der Waals surface area contributed by atoms with Crippen LogP contribution in [0.1, 0.15) is 11.1 Å². The van der Waals surface area contributed by atoms with Crippen LogP contribution in [0.3, 0.4) is 0 Å². The van der Waals surface area contributed by atoms with E-state index in [2.05, 4.69) is 14.9 Å². The topological polar surface area (TPSA) is 93.8 Å². The van der Waals surface area contributed by atoms with Gasteiger partial charge in [0, 0.05) is 45.1 Å². The molecule has 1 aromatic heterocycles. The Labute approximate surface area is 227 Å². The first-order chi connectivity index (χ1) is 17.9. The van der Waals surface area contributed by atoms with Gasteiger partial charge in [-0.25, -0.2) is 9.97 Å². The summed E-state index contributed by atoms with van der Waals surface area (Å²) in [4.78, 5) is 25.7. The zero-order chi connectivity index (χ0) is 26.2. The highest BCUT2D eigenvalue weighted by atomic mass is 35.5. The fourth-order valence-corrected chi connectivity index (χ4v) is 4.95. The second-order valence-corrected chi connectivity index (χ2v) is 9.71. The van der Waals surface area contributed by atoms with Crippen molar-refractivity contribution in [1.29, 1.82) is 0 Å². The lowest BCUT2D eigenvalue weighted by Gasteiger charge is -2.36. The van der Waals surface area contributed by atoms with Crippen LogP contribution in [0, 0.1) is 12.8 Å². The lowest BCUT2D eigenvalue weighted by molar-refractivity contribution is -0.135. The van der Waals surface area contributed by atoms with Gasteiger partial charge in [0.05, 0.1) is 16.0 Å². The van der Waals surface area contributed by atoms with Gasteiger partial charge in [-0.3, -0.25) is 4.79 Å². The van der Waals surface area contributed by atoms with Gasteiger partial charge in [-0.05, 0) is 54.8 Å². The molecule has 2 aromatic carbocycles. The molecule has 0 aliphatic carbocycles. The van der Waals surface area contributed by atoms with Gasteiger partial charge in [-0.1, -0.05) is 35.3 Å². The molecule has 0 spiro atoms. The molecule has 3 aromatic rings. The Morgan fingerprint density at radius 3 is 2.24 bits per heavy atom. The first-order valence-corrected chi connectivity index (χ1v) is 13.0. The van der Waals surface area contributed by atoms with Gasteiger partial charge in [-0.15, -0.1) is 0 Å². The molecule has 2 N–H and O–H groups in total. The highest BCUT2D eigenvalue weighted by Crippen LogP contribution is 2.34. The molecule has 1 aliphatic rings. The predicted octanol–water partition coefficient (Wildman–Crippen LogP) is 4.02. The standard InChI is InChI=1S/C27H31Cl2N5O3/c1-19-15-23(28)25(24(29)16-19)37-14-13-36-22-5-3-20(4-6-22)17-21(18-30)26(35)33-9-11-34(12-10-33)27-31-7-2-8-32-27/h2-8,15-16,21H,9-14,17-18,30H2,1H3. The molecule has 1 unspecified atom stereocenters. The van der Waals surface area contributed by atoms with Crippen molar-refractivity contribution in [3.63, 3.8) is 0 Å². The molecule has 1 aliphatic heterocycles. The summed E-state index contributed by atoms with van der Waals surface area (Å²) in [5.41, 5.74) is 8.00. The van der Waals surface area contributed by atoms with Crippen LogP contribution >= 0.6 is 23.2 Å². The number of ether oxygens (including phenoxy) is 2. The average Bonchev–Trinajstić information content (AvgIpc) is 2.91. The molecule has 196 valence electrons. The van der Waals surface area contributed by atoms with E-state index >= 15 is 0 Å². The zero-order valence-corrected chi connectivity index (χ0v) is 22.3. The van der Waals surface area contributed by atoms with Crippen molar-refractivity contribution in [2.75, 3.05) is 50.8 Å². The Morgan fingerprint density at radius 2 is 1.62 bits per heavy atom. The van der Waals surface area contributed by atoms with Gasteiger partial charge in [0.1, 0.15) is 19.0 Å². The molecule has 4 rings (SSSR count). The summed E-state index contributed by atoms with van der Waals surface area (Å²) >= 11 is 12.4. The number of rotatable bonds is 10. The molecule has 37 heavy (non-hydrogen) atoms. The number of amides is 1. The number of hydrogen-bond donors (Lipinski definition) is 1. The second-order valence-electron chi connectivity index (χ2n) is 8.90. The Kier molecular flexibility index (Phi) is 9.44. The first-order valence-electron chi connectivity index (χ1n) is 12.3. The SMILES string of the molecule is Cc1cc(Cl)c(OCCOc2ccc(CC(CN)C(=O)N3CCN(c4ncccn4)CC3)cc2)c(Cl)c1. The highest BCUT2D eigenvalue weighted by molar-refractivity contribution is 6.37. The Balaban J connectivity index is 1.23. The van der Waals surface area contributed by atoms with E-state index in [4.69, 9.17) is 38.4 Å². The number of benzene rings is 2. The van der Waals surface area contributed by atoms with E-state index in [1.54, 1.807) is 30.6 Å². The number of carbonyl (C=O) groups excluding carboxylic acids is 1. The molecule has 0 radical (unpaired) electrons. The number of nitrogens with two attached hydrogens (primary N) is 1. The lowest BCUT2D eigenvalue weighted by atomic mass is 9.97. The minimum absolute atomic E-state index is 0.0852. The molecule has 0 bridgehead atoms. The normalized spacial score (nSPS) is 14.4. The monoisotopic (exact) mass is 543 g/mol. The van der Waals surface area contributed by atoms with Crippen LogP contribution in [0.2, 0.25) is 10.0 Å². The minimum Gasteiger partial charge on any atom is -0.490 e. The molecular weight excluding hydrogens is 513 g/mol. The molecule has 1 saturated heterocycles.